The van der Waals surface area contributed by atoms with Crippen LogP contribution in [-0.4, -0.2) is 5.11 Å². The maximum Gasteiger partial charge on any atom is 0.141 e. The van der Waals surface area contributed by atoms with Gasteiger partial charge in [0, 0.05) is 0 Å². The lowest BCUT2D eigenvalue weighted by molar-refractivity contribution is 0.282. The highest BCUT2D eigenvalue weighted by Gasteiger charge is 2.06. The molecule has 0 heterocycles. The molecule has 0 atom stereocenters. The smallest absolute Gasteiger partial charge is 0.141 e. The second kappa shape index (κ2) is 4.86. The van der Waals surface area contributed by atoms with Crippen LogP contribution in [0, 0.1) is 12.7 Å². The monoisotopic (exact) mass is 250 g/mol. The molecule has 0 amide bonds. The third kappa shape index (κ3) is 2.48. The summed E-state index contributed by atoms with van der Waals surface area (Å²) in [5.74, 6) is -0.417. The number of aliphatic hydroxyl groups excluding tert-OH is 1. The molecule has 0 saturated heterocycles. The molecule has 2 aromatic rings. The lowest BCUT2D eigenvalue weighted by Crippen LogP contribution is -1.89. The van der Waals surface area contributed by atoms with Crippen molar-refractivity contribution in [3.63, 3.8) is 0 Å². The molecule has 1 nitrogen and oxygen atoms in total. The third-order valence-electron chi connectivity index (χ3n) is 2.70. The molecule has 0 spiro atoms. The van der Waals surface area contributed by atoms with Crippen LogP contribution in [0.3, 0.4) is 0 Å². The van der Waals surface area contributed by atoms with Gasteiger partial charge in [0.1, 0.15) is 5.82 Å². The number of hydrogen-bond donors (Lipinski definition) is 1. The predicted molar refractivity (Wildman–Crippen MR) is 67.5 cm³/mol. The fourth-order valence-corrected chi connectivity index (χ4v) is 1.99. The molecule has 1 N–H and O–H groups in total. The molecule has 0 aliphatic carbocycles. The van der Waals surface area contributed by atoms with E-state index in [1.807, 2.05) is 25.1 Å². The van der Waals surface area contributed by atoms with E-state index in [1.165, 1.54) is 6.07 Å². The molecule has 0 unspecified atom stereocenters. The topological polar surface area (TPSA) is 20.2 Å². The van der Waals surface area contributed by atoms with Crippen LogP contribution in [0.15, 0.2) is 36.4 Å². The largest absolute Gasteiger partial charge is 0.392 e. The maximum atomic E-state index is 13.1. The van der Waals surface area contributed by atoms with Crippen molar-refractivity contribution < 1.29 is 9.50 Å². The molecule has 2 aromatic carbocycles. The molecule has 17 heavy (non-hydrogen) atoms. The summed E-state index contributed by atoms with van der Waals surface area (Å²) in [6.45, 7) is 1.97. The summed E-state index contributed by atoms with van der Waals surface area (Å²) in [7, 11) is 0. The minimum Gasteiger partial charge on any atom is -0.392 e. The summed E-state index contributed by atoms with van der Waals surface area (Å²) in [6, 6.07) is 10.3. The standard InChI is InChI=1S/C14H12ClFO/c1-9-6-10(8-17)2-4-12(9)11-3-5-14(16)13(15)7-11/h2-7,17H,8H2,1H3. The lowest BCUT2D eigenvalue weighted by Gasteiger charge is -2.08. The average Bonchev–Trinajstić information content (AvgIpc) is 2.32. The first-order valence-corrected chi connectivity index (χ1v) is 5.65. The summed E-state index contributed by atoms with van der Waals surface area (Å²) in [5.41, 5.74) is 3.75. The minimum absolute atomic E-state index is 0.0191. The fraction of sp³-hybridized carbons (Fsp3) is 0.143. The van der Waals surface area contributed by atoms with Gasteiger partial charge in [-0.05, 0) is 41.3 Å². The molecular formula is C14H12ClFO. The van der Waals surface area contributed by atoms with Crippen LogP contribution in [-0.2, 0) is 6.61 Å². The Bertz CT molecular complexity index is 552. The molecule has 88 valence electrons. The SMILES string of the molecule is Cc1cc(CO)ccc1-c1ccc(F)c(Cl)c1. The Kier molecular flexibility index (Phi) is 3.46. The summed E-state index contributed by atoms with van der Waals surface area (Å²) in [5, 5.41) is 9.15. The zero-order valence-corrected chi connectivity index (χ0v) is 10.1. The fourth-order valence-electron chi connectivity index (χ4n) is 1.81. The second-order valence-electron chi connectivity index (χ2n) is 3.94. The van der Waals surface area contributed by atoms with Crippen LogP contribution in [0.2, 0.25) is 5.02 Å². The van der Waals surface area contributed by atoms with Gasteiger partial charge in [0.15, 0.2) is 0 Å². The zero-order valence-electron chi connectivity index (χ0n) is 9.37. The van der Waals surface area contributed by atoms with Crippen molar-refractivity contribution in [1.29, 1.82) is 0 Å². The van der Waals surface area contributed by atoms with E-state index in [2.05, 4.69) is 0 Å². The van der Waals surface area contributed by atoms with E-state index in [9.17, 15) is 4.39 Å². The molecule has 2 rings (SSSR count). The first kappa shape index (κ1) is 12.1. The van der Waals surface area contributed by atoms with Gasteiger partial charge in [0.2, 0.25) is 0 Å². The van der Waals surface area contributed by atoms with Gasteiger partial charge < -0.3 is 5.11 Å². The summed E-state index contributed by atoms with van der Waals surface area (Å²) in [6.07, 6.45) is 0. The predicted octanol–water partition coefficient (Wildman–Crippen LogP) is 3.95. The Labute approximate surface area is 104 Å². The highest BCUT2D eigenvalue weighted by Crippen LogP contribution is 2.28. The van der Waals surface area contributed by atoms with Crippen LogP contribution >= 0.6 is 11.6 Å². The number of hydrogen-bond acceptors (Lipinski definition) is 1. The first-order valence-electron chi connectivity index (χ1n) is 5.27. The van der Waals surface area contributed by atoms with Crippen LogP contribution in [0.4, 0.5) is 4.39 Å². The molecule has 0 aromatic heterocycles. The molecule has 3 heteroatoms. The van der Waals surface area contributed by atoms with Crippen LogP contribution < -0.4 is 0 Å². The minimum atomic E-state index is -0.417. The normalized spacial score (nSPS) is 10.6. The van der Waals surface area contributed by atoms with Gasteiger partial charge in [0.05, 0.1) is 11.6 Å². The number of halogens is 2. The van der Waals surface area contributed by atoms with E-state index in [1.54, 1.807) is 12.1 Å². The second-order valence-corrected chi connectivity index (χ2v) is 4.34. The molecular weight excluding hydrogens is 239 g/mol. The van der Waals surface area contributed by atoms with Crippen molar-refractivity contribution in [2.24, 2.45) is 0 Å². The Balaban J connectivity index is 2.49. The zero-order chi connectivity index (χ0) is 12.4. The third-order valence-corrected chi connectivity index (χ3v) is 2.99. The van der Waals surface area contributed by atoms with E-state index < -0.39 is 5.82 Å². The average molecular weight is 251 g/mol. The van der Waals surface area contributed by atoms with Gasteiger partial charge in [-0.3, -0.25) is 0 Å². The van der Waals surface area contributed by atoms with Crippen molar-refractivity contribution in [2.45, 2.75) is 13.5 Å². The number of aliphatic hydroxyl groups is 1. The van der Waals surface area contributed by atoms with Crippen LogP contribution in [0.25, 0.3) is 11.1 Å². The van der Waals surface area contributed by atoms with Gasteiger partial charge >= 0.3 is 0 Å². The summed E-state index contributed by atoms with van der Waals surface area (Å²) in [4.78, 5) is 0. The van der Waals surface area contributed by atoms with Crippen LogP contribution in [0.1, 0.15) is 11.1 Å². The van der Waals surface area contributed by atoms with Crippen molar-refractivity contribution in [3.8, 4) is 11.1 Å². The van der Waals surface area contributed by atoms with Gasteiger partial charge in [-0.15, -0.1) is 0 Å². The van der Waals surface area contributed by atoms with E-state index in [-0.39, 0.29) is 11.6 Å². The van der Waals surface area contributed by atoms with Gasteiger partial charge in [-0.2, -0.15) is 0 Å². The highest BCUT2D eigenvalue weighted by molar-refractivity contribution is 6.31. The summed E-state index contributed by atoms with van der Waals surface area (Å²) < 4.78 is 13.1. The molecule has 0 radical (unpaired) electrons. The Morgan fingerprint density at radius 3 is 2.53 bits per heavy atom. The van der Waals surface area contributed by atoms with E-state index in [0.29, 0.717) is 0 Å². The lowest BCUT2D eigenvalue weighted by atomic mass is 9.98. The van der Waals surface area contributed by atoms with Gasteiger partial charge in [0.25, 0.3) is 0 Å². The van der Waals surface area contributed by atoms with Crippen molar-refractivity contribution in [2.75, 3.05) is 0 Å². The van der Waals surface area contributed by atoms with Gasteiger partial charge in [-0.1, -0.05) is 35.9 Å². The van der Waals surface area contributed by atoms with E-state index in [0.717, 1.165) is 22.3 Å². The van der Waals surface area contributed by atoms with Crippen molar-refractivity contribution in [1.82, 2.24) is 0 Å². The number of aryl methyl sites for hydroxylation is 1. The van der Waals surface area contributed by atoms with Gasteiger partial charge in [-0.25, -0.2) is 4.39 Å². The Morgan fingerprint density at radius 2 is 1.94 bits per heavy atom. The van der Waals surface area contributed by atoms with Crippen molar-refractivity contribution in [3.05, 3.63) is 58.4 Å². The highest BCUT2D eigenvalue weighted by atomic mass is 35.5. The number of benzene rings is 2. The molecule has 0 bridgehead atoms. The summed E-state index contributed by atoms with van der Waals surface area (Å²) >= 11 is 5.76. The van der Waals surface area contributed by atoms with E-state index >= 15 is 0 Å². The Hall–Kier alpha value is -1.38. The quantitative estimate of drug-likeness (QED) is 0.856. The molecule has 0 aliphatic heterocycles. The van der Waals surface area contributed by atoms with E-state index in [4.69, 9.17) is 16.7 Å². The maximum absolute atomic E-state index is 13.1. The number of rotatable bonds is 2. The molecule has 0 saturated carbocycles. The van der Waals surface area contributed by atoms with Crippen molar-refractivity contribution >= 4 is 11.6 Å². The first-order chi connectivity index (χ1) is 8.11. The molecule has 0 aliphatic rings. The molecule has 0 fully saturated rings. The van der Waals surface area contributed by atoms with Crippen LogP contribution in [0.5, 0.6) is 0 Å². The Morgan fingerprint density at radius 1 is 1.18 bits per heavy atom.